The number of fused-ring (bicyclic) bond motifs is 1. The molecule has 2 aromatic rings. The van der Waals surface area contributed by atoms with Crippen LogP contribution in [0.4, 0.5) is 0 Å². The van der Waals surface area contributed by atoms with Crippen LogP contribution in [-0.4, -0.2) is 60.0 Å². The summed E-state index contributed by atoms with van der Waals surface area (Å²) >= 11 is 0. The Morgan fingerprint density at radius 1 is 1.06 bits per heavy atom. The number of rotatable bonds is 9. The molecule has 1 N–H and O–H groups in total. The number of methoxy groups -OCH3 is 3. The van der Waals surface area contributed by atoms with Crippen LogP contribution in [0.2, 0.25) is 0 Å². The second-order valence-electron chi connectivity index (χ2n) is 8.29. The van der Waals surface area contributed by atoms with E-state index in [-0.39, 0.29) is 17.9 Å². The molecule has 32 heavy (non-hydrogen) atoms. The first-order chi connectivity index (χ1) is 15.4. The number of carbonyl (C=O) groups excluding carboxylic acids is 1. The maximum atomic E-state index is 12.1. The third kappa shape index (κ3) is 4.98. The van der Waals surface area contributed by atoms with Gasteiger partial charge in [-0.3, -0.25) is 9.69 Å². The summed E-state index contributed by atoms with van der Waals surface area (Å²) in [4.78, 5) is 14.4. The lowest BCUT2D eigenvalue weighted by atomic mass is 10.0. The van der Waals surface area contributed by atoms with E-state index >= 15 is 0 Å². The van der Waals surface area contributed by atoms with Gasteiger partial charge >= 0.3 is 0 Å². The van der Waals surface area contributed by atoms with E-state index in [1.54, 1.807) is 21.3 Å². The van der Waals surface area contributed by atoms with Gasteiger partial charge in [0.1, 0.15) is 5.82 Å². The molecule has 9 heteroatoms. The summed E-state index contributed by atoms with van der Waals surface area (Å²) in [5.41, 5.74) is 1.04. The Bertz CT molecular complexity index is 927. The Balaban J connectivity index is 1.78. The zero-order valence-corrected chi connectivity index (χ0v) is 20.0. The zero-order valence-electron chi connectivity index (χ0n) is 20.0. The molecule has 0 saturated carbocycles. The molecule has 0 spiro atoms. The SMILES string of the molecule is CCC(=O)NC(c1nnc2n1CCN(Cc1ccc(OC)c(OC)c1OC)CC2)C(C)C. The van der Waals surface area contributed by atoms with Crippen molar-refractivity contribution in [2.75, 3.05) is 34.4 Å². The monoisotopic (exact) mass is 445 g/mol. The number of hydrogen-bond donors (Lipinski definition) is 1. The van der Waals surface area contributed by atoms with E-state index in [2.05, 4.69) is 38.8 Å². The lowest BCUT2D eigenvalue weighted by Gasteiger charge is -2.24. The van der Waals surface area contributed by atoms with Crippen molar-refractivity contribution in [3.8, 4) is 17.2 Å². The number of carbonyl (C=O) groups is 1. The van der Waals surface area contributed by atoms with Crippen molar-refractivity contribution < 1.29 is 19.0 Å². The molecular formula is C23H35N5O4. The van der Waals surface area contributed by atoms with Gasteiger partial charge in [0.15, 0.2) is 17.3 Å². The summed E-state index contributed by atoms with van der Waals surface area (Å²) in [6, 6.07) is 3.78. The second-order valence-corrected chi connectivity index (χ2v) is 8.29. The Labute approximate surface area is 190 Å². The standard InChI is InChI=1S/C23H35N5O4/c1-7-19(29)24-20(15(2)3)23-26-25-18-10-11-27(12-13-28(18)23)14-16-8-9-17(30-4)22(32-6)21(16)31-5/h8-9,15,20H,7,10-14H2,1-6H3,(H,24,29). The van der Waals surface area contributed by atoms with E-state index in [0.717, 1.165) is 49.8 Å². The molecule has 2 heterocycles. The van der Waals surface area contributed by atoms with Crippen LogP contribution >= 0.6 is 0 Å². The highest BCUT2D eigenvalue weighted by molar-refractivity contribution is 5.75. The van der Waals surface area contributed by atoms with Crippen molar-refractivity contribution in [2.45, 2.75) is 52.7 Å². The van der Waals surface area contributed by atoms with Crippen LogP contribution in [0.1, 0.15) is 50.4 Å². The van der Waals surface area contributed by atoms with Gasteiger partial charge in [-0.25, -0.2) is 0 Å². The summed E-state index contributed by atoms with van der Waals surface area (Å²) in [7, 11) is 4.88. The maximum Gasteiger partial charge on any atom is 0.220 e. The van der Waals surface area contributed by atoms with Gasteiger partial charge in [0.05, 0.1) is 27.4 Å². The number of nitrogens with one attached hydrogen (secondary N) is 1. The molecule has 0 radical (unpaired) electrons. The molecule has 9 nitrogen and oxygen atoms in total. The van der Waals surface area contributed by atoms with E-state index < -0.39 is 0 Å². The first kappa shape index (κ1) is 23.8. The topological polar surface area (TPSA) is 90.7 Å². The normalized spacial score (nSPS) is 15.1. The van der Waals surface area contributed by atoms with Crippen LogP contribution in [0.25, 0.3) is 0 Å². The largest absolute Gasteiger partial charge is 0.493 e. The smallest absolute Gasteiger partial charge is 0.220 e. The molecule has 1 atom stereocenters. The molecule has 1 aliphatic rings. The van der Waals surface area contributed by atoms with E-state index in [9.17, 15) is 4.79 Å². The Morgan fingerprint density at radius 2 is 1.81 bits per heavy atom. The lowest BCUT2D eigenvalue weighted by Crippen LogP contribution is -2.34. The predicted molar refractivity (Wildman–Crippen MR) is 121 cm³/mol. The third-order valence-corrected chi connectivity index (χ3v) is 5.91. The average molecular weight is 446 g/mol. The molecular weight excluding hydrogens is 410 g/mol. The van der Waals surface area contributed by atoms with Gasteiger partial charge in [-0.15, -0.1) is 10.2 Å². The zero-order chi connectivity index (χ0) is 23.3. The van der Waals surface area contributed by atoms with Crippen molar-refractivity contribution in [3.05, 3.63) is 29.3 Å². The van der Waals surface area contributed by atoms with Gasteiger partial charge in [-0.05, 0) is 12.0 Å². The highest BCUT2D eigenvalue weighted by atomic mass is 16.5. The van der Waals surface area contributed by atoms with Gasteiger partial charge in [-0.1, -0.05) is 26.8 Å². The van der Waals surface area contributed by atoms with Crippen molar-refractivity contribution in [1.29, 1.82) is 0 Å². The molecule has 3 rings (SSSR count). The highest BCUT2D eigenvalue weighted by Crippen LogP contribution is 2.40. The molecule has 0 fully saturated rings. The fourth-order valence-corrected chi connectivity index (χ4v) is 4.11. The Kier molecular flexibility index (Phi) is 7.95. The highest BCUT2D eigenvalue weighted by Gasteiger charge is 2.27. The number of aromatic nitrogens is 3. The first-order valence-corrected chi connectivity index (χ1v) is 11.1. The fraction of sp³-hybridized carbons (Fsp3) is 0.609. The minimum atomic E-state index is -0.152. The minimum absolute atomic E-state index is 0.0249. The van der Waals surface area contributed by atoms with Crippen molar-refractivity contribution >= 4 is 5.91 Å². The number of nitrogens with zero attached hydrogens (tertiary/aromatic N) is 4. The Morgan fingerprint density at radius 3 is 2.44 bits per heavy atom. The Hall–Kier alpha value is -2.81. The van der Waals surface area contributed by atoms with Crippen LogP contribution in [-0.2, 0) is 24.3 Å². The number of amides is 1. The molecule has 0 aliphatic carbocycles. The minimum Gasteiger partial charge on any atom is -0.493 e. The van der Waals surface area contributed by atoms with E-state index in [1.165, 1.54) is 0 Å². The second kappa shape index (κ2) is 10.7. The predicted octanol–water partition coefficient (Wildman–Crippen LogP) is 2.59. The quantitative estimate of drug-likeness (QED) is 0.634. The third-order valence-electron chi connectivity index (χ3n) is 5.91. The van der Waals surface area contributed by atoms with Gasteiger partial charge in [0, 0.05) is 44.6 Å². The number of hydrogen-bond acceptors (Lipinski definition) is 7. The van der Waals surface area contributed by atoms with Crippen molar-refractivity contribution in [1.82, 2.24) is 25.0 Å². The summed E-state index contributed by atoms with van der Waals surface area (Å²) < 4.78 is 18.8. The first-order valence-electron chi connectivity index (χ1n) is 11.1. The number of benzene rings is 1. The summed E-state index contributed by atoms with van der Waals surface area (Å²) in [5, 5.41) is 12.0. The summed E-state index contributed by atoms with van der Waals surface area (Å²) in [5.74, 6) is 3.98. The molecule has 1 amide bonds. The van der Waals surface area contributed by atoms with Crippen LogP contribution < -0.4 is 19.5 Å². The van der Waals surface area contributed by atoms with E-state index in [0.29, 0.717) is 23.7 Å². The average Bonchev–Trinajstić information content (AvgIpc) is 3.09. The van der Waals surface area contributed by atoms with Crippen molar-refractivity contribution in [2.24, 2.45) is 5.92 Å². The van der Waals surface area contributed by atoms with Crippen molar-refractivity contribution in [3.63, 3.8) is 0 Å². The molecule has 0 saturated heterocycles. The van der Waals surface area contributed by atoms with Gasteiger partial charge in [-0.2, -0.15) is 0 Å². The summed E-state index contributed by atoms with van der Waals surface area (Å²) in [6.07, 6.45) is 1.24. The molecule has 1 aliphatic heterocycles. The van der Waals surface area contributed by atoms with Crippen LogP contribution in [0.5, 0.6) is 17.2 Å². The van der Waals surface area contributed by atoms with Gasteiger partial charge in [0.2, 0.25) is 11.7 Å². The molecule has 1 aromatic heterocycles. The van der Waals surface area contributed by atoms with E-state index in [4.69, 9.17) is 14.2 Å². The number of ether oxygens (including phenoxy) is 3. The van der Waals surface area contributed by atoms with E-state index in [1.807, 2.05) is 19.1 Å². The van der Waals surface area contributed by atoms with Gasteiger partial charge in [0.25, 0.3) is 0 Å². The molecule has 1 unspecified atom stereocenters. The fourth-order valence-electron chi connectivity index (χ4n) is 4.11. The van der Waals surface area contributed by atoms with Crippen LogP contribution in [0, 0.1) is 5.92 Å². The lowest BCUT2D eigenvalue weighted by molar-refractivity contribution is -0.121. The van der Waals surface area contributed by atoms with Gasteiger partial charge < -0.3 is 24.1 Å². The molecule has 1 aromatic carbocycles. The maximum absolute atomic E-state index is 12.1. The van der Waals surface area contributed by atoms with Crippen LogP contribution in [0.3, 0.4) is 0 Å². The molecule has 176 valence electrons. The van der Waals surface area contributed by atoms with Crippen LogP contribution in [0.15, 0.2) is 12.1 Å². The summed E-state index contributed by atoms with van der Waals surface area (Å²) in [6.45, 7) is 9.21. The molecule has 0 bridgehead atoms.